The monoisotopic (exact) mass is 421 g/mol. The minimum Gasteiger partial charge on any atom is -0.383 e. The van der Waals surface area contributed by atoms with Crippen molar-refractivity contribution < 1.29 is 8.78 Å². The molecule has 4 aromatic rings. The molecule has 5 rings (SSSR count). The van der Waals surface area contributed by atoms with Crippen LogP contribution in [0.4, 0.5) is 26.2 Å². The average molecular weight is 421 g/mol. The fourth-order valence-electron chi connectivity index (χ4n) is 3.92. The number of nitrogen functional groups attached to an aromatic ring is 1. The van der Waals surface area contributed by atoms with Crippen LogP contribution >= 0.6 is 0 Å². The molecule has 2 aromatic carbocycles. The molecule has 0 saturated carbocycles. The van der Waals surface area contributed by atoms with Crippen LogP contribution < -0.4 is 15.5 Å². The fraction of sp³-hybridized carbons (Fsp3) is 0.227. The van der Waals surface area contributed by atoms with E-state index in [0.29, 0.717) is 41.6 Å². The Morgan fingerprint density at radius 3 is 2.32 bits per heavy atom. The van der Waals surface area contributed by atoms with Gasteiger partial charge in [-0.15, -0.1) is 0 Å². The van der Waals surface area contributed by atoms with Crippen molar-refractivity contribution in [2.24, 2.45) is 7.05 Å². The zero-order chi connectivity index (χ0) is 21.5. The summed E-state index contributed by atoms with van der Waals surface area (Å²) < 4.78 is 29.6. The van der Waals surface area contributed by atoms with E-state index < -0.39 is 11.6 Å². The Morgan fingerprint density at radius 1 is 0.903 bits per heavy atom. The van der Waals surface area contributed by atoms with E-state index in [-0.39, 0.29) is 5.56 Å². The summed E-state index contributed by atoms with van der Waals surface area (Å²) in [4.78, 5) is 13.6. The second kappa shape index (κ2) is 7.50. The van der Waals surface area contributed by atoms with Crippen molar-refractivity contribution in [1.82, 2.24) is 19.7 Å². The number of benzene rings is 2. The molecule has 1 aliphatic rings. The van der Waals surface area contributed by atoms with Crippen LogP contribution in [0.1, 0.15) is 0 Å². The Morgan fingerprint density at radius 2 is 1.61 bits per heavy atom. The van der Waals surface area contributed by atoms with Crippen molar-refractivity contribution in [3.05, 3.63) is 60.2 Å². The number of hydrogen-bond donors (Lipinski definition) is 1. The topological polar surface area (TPSA) is 76.1 Å². The van der Waals surface area contributed by atoms with Gasteiger partial charge in [0, 0.05) is 50.5 Å². The first-order valence-corrected chi connectivity index (χ1v) is 10.0. The number of piperazine rings is 1. The molecule has 0 amide bonds. The van der Waals surface area contributed by atoms with Gasteiger partial charge in [-0.1, -0.05) is 18.2 Å². The normalized spacial score (nSPS) is 14.4. The Balaban J connectivity index is 1.53. The molecule has 0 aliphatic carbocycles. The van der Waals surface area contributed by atoms with Gasteiger partial charge in [-0.2, -0.15) is 10.1 Å². The molecule has 31 heavy (non-hydrogen) atoms. The van der Waals surface area contributed by atoms with Crippen LogP contribution in [0.5, 0.6) is 0 Å². The molecule has 1 saturated heterocycles. The number of anilines is 3. The van der Waals surface area contributed by atoms with E-state index in [9.17, 15) is 8.78 Å². The summed E-state index contributed by atoms with van der Waals surface area (Å²) >= 11 is 0. The van der Waals surface area contributed by atoms with Crippen molar-refractivity contribution in [2.45, 2.75) is 0 Å². The second-order valence-electron chi connectivity index (χ2n) is 7.51. The quantitative estimate of drug-likeness (QED) is 0.548. The van der Waals surface area contributed by atoms with Gasteiger partial charge in [0.15, 0.2) is 5.65 Å². The highest BCUT2D eigenvalue weighted by Crippen LogP contribution is 2.33. The maximum Gasteiger partial charge on any atom is 0.228 e. The Labute approximate surface area is 177 Å². The number of aryl methyl sites for hydroxylation is 1. The van der Waals surface area contributed by atoms with Gasteiger partial charge in [0.1, 0.15) is 17.5 Å². The van der Waals surface area contributed by atoms with Crippen molar-refractivity contribution >= 4 is 28.5 Å². The molecule has 158 valence electrons. The molecule has 1 aliphatic heterocycles. The Kier molecular flexibility index (Phi) is 4.65. The molecule has 9 heteroatoms. The first-order chi connectivity index (χ1) is 15.0. The van der Waals surface area contributed by atoms with Gasteiger partial charge in [-0.05, 0) is 24.3 Å². The predicted molar refractivity (Wildman–Crippen MR) is 117 cm³/mol. The van der Waals surface area contributed by atoms with Gasteiger partial charge in [0.25, 0.3) is 0 Å². The van der Waals surface area contributed by atoms with Crippen LogP contribution in [0, 0.1) is 11.6 Å². The van der Waals surface area contributed by atoms with E-state index in [2.05, 4.69) is 37.0 Å². The highest BCUT2D eigenvalue weighted by molar-refractivity contribution is 5.99. The summed E-state index contributed by atoms with van der Waals surface area (Å²) in [7, 11) is 1.69. The lowest BCUT2D eigenvalue weighted by molar-refractivity contribution is 0.585. The van der Waals surface area contributed by atoms with Crippen LogP contribution in [0.15, 0.2) is 48.5 Å². The Hall–Kier alpha value is -3.75. The summed E-state index contributed by atoms with van der Waals surface area (Å²) in [5, 5.41) is 4.83. The largest absolute Gasteiger partial charge is 0.383 e. The predicted octanol–water partition coefficient (Wildman–Crippen LogP) is 3.22. The van der Waals surface area contributed by atoms with Crippen LogP contribution in [-0.2, 0) is 7.05 Å². The number of nitrogens with zero attached hydrogens (tertiary/aromatic N) is 6. The SMILES string of the molecule is Cn1nc2nc(N3CCN(c4ccccc4)CC3)nc(-c3ccc(F)cc3F)c2c1N. The highest BCUT2D eigenvalue weighted by atomic mass is 19.1. The number of aromatic nitrogens is 4. The van der Waals surface area contributed by atoms with E-state index in [1.807, 2.05) is 18.2 Å². The van der Waals surface area contributed by atoms with Crippen molar-refractivity contribution in [3.63, 3.8) is 0 Å². The summed E-state index contributed by atoms with van der Waals surface area (Å²) in [6.07, 6.45) is 0. The first kappa shape index (κ1) is 19.2. The van der Waals surface area contributed by atoms with Gasteiger partial charge in [-0.25, -0.2) is 13.8 Å². The van der Waals surface area contributed by atoms with Gasteiger partial charge >= 0.3 is 0 Å². The van der Waals surface area contributed by atoms with Crippen LogP contribution in [0.3, 0.4) is 0 Å². The van der Waals surface area contributed by atoms with E-state index in [1.54, 1.807) is 7.05 Å². The standard InChI is InChI=1S/C22H21F2N7/c1-29-20(25)18-19(16-8-7-14(23)13-17(16)24)26-22(27-21(18)28-29)31-11-9-30(10-12-31)15-5-3-2-4-6-15/h2-8,13H,9-12,25H2,1H3. The fourth-order valence-corrected chi connectivity index (χ4v) is 3.92. The number of fused-ring (bicyclic) bond motifs is 1. The second-order valence-corrected chi connectivity index (χ2v) is 7.51. The minimum atomic E-state index is -0.705. The molecule has 2 aromatic heterocycles. The summed E-state index contributed by atoms with van der Waals surface area (Å²) in [5.74, 6) is -0.572. The molecule has 2 N–H and O–H groups in total. The van der Waals surface area contributed by atoms with E-state index in [4.69, 9.17) is 5.73 Å². The molecule has 3 heterocycles. The van der Waals surface area contributed by atoms with Crippen molar-refractivity contribution in [3.8, 4) is 11.3 Å². The number of nitrogens with two attached hydrogens (primary N) is 1. The molecule has 1 fully saturated rings. The molecular formula is C22H21F2N7. The lowest BCUT2D eigenvalue weighted by atomic mass is 10.1. The van der Waals surface area contributed by atoms with Crippen molar-refractivity contribution in [2.75, 3.05) is 41.7 Å². The Bertz CT molecular complexity index is 1250. The number of rotatable bonds is 3. The highest BCUT2D eigenvalue weighted by Gasteiger charge is 2.24. The minimum absolute atomic E-state index is 0.165. The number of hydrogen-bond acceptors (Lipinski definition) is 6. The van der Waals surface area contributed by atoms with E-state index in [0.717, 1.165) is 19.2 Å². The first-order valence-electron chi connectivity index (χ1n) is 10.0. The average Bonchev–Trinajstić information content (AvgIpc) is 3.07. The van der Waals surface area contributed by atoms with Gasteiger partial charge < -0.3 is 15.5 Å². The zero-order valence-corrected chi connectivity index (χ0v) is 17.0. The third-order valence-corrected chi connectivity index (χ3v) is 5.60. The molecule has 0 radical (unpaired) electrons. The van der Waals surface area contributed by atoms with Crippen LogP contribution in [0.25, 0.3) is 22.3 Å². The molecular weight excluding hydrogens is 400 g/mol. The molecule has 0 spiro atoms. The summed E-state index contributed by atoms with van der Waals surface area (Å²) in [6, 6.07) is 13.6. The van der Waals surface area contributed by atoms with Gasteiger partial charge in [0.2, 0.25) is 5.95 Å². The maximum absolute atomic E-state index is 14.6. The third-order valence-electron chi connectivity index (χ3n) is 5.60. The third kappa shape index (κ3) is 3.41. The summed E-state index contributed by atoms with van der Waals surface area (Å²) in [5.41, 5.74) is 8.20. The van der Waals surface area contributed by atoms with E-state index in [1.165, 1.54) is 22.5 Å². The smallest absolute Gasteiger partial charge is 0.228 e. The van der Waals surface area contributed by atoms with Crippen molar-refractivity contribution in [1.29, 1.82) is 0 Å². The molecule has 7 nitrogen and oxygen atoms in total. The lowest BCUT2D eigenvalue weighted by Gasteiger charge is -2.36. The van der Waals surface area contributed by atoms with Crippen LogP contribution in [-0.4, -0.2) is 45.9 Å². The molecule has 0 atom stereocenters. The maximum atomic E-state index is 14.6. The number of para-hydroxylation sites is 1. The van der Waals surface area contributed by atoms with Crippen LogP contribution in [0.2, 0.25) is 0 Å². The number of halogens is 2. The zero-order valence-electron chi connectivity index (χ0n) is 17.0. The molecule has 0 bridgehead atoms. The van der Waals surface area contributed by atoms with Gasteiger partial charge in [-0.3, -0.25) is 4.68 Å². The summed E-state index contributed by atoms with van der Waals surface area (Å²) in [6.45, 7) is 3.01. The van der Waals surface area contributed by atoms with E-state index >= 15 is 0 Å². The lowest BCUT2D eigenvalue weighted by Crippen LogP contribution is -2.47. The van der Waals surface area contributed by atoms with Gasteiger partial charge in [0.05, 0.1) is 11.1 Å². The molecule has 0 unspecified atom stereocenters.